The predicted octanol–water partition coefficient (Wildman–Crippen LogP) is 3.83. The third-order valence-electron chi connectivity index (χ3n) is 9.02. The van der Waals surface area contributed by atoms with E-state index in [0.717, 1.165) is 5.69 Å². The Labute approximate surface area is 244 Å². The minimum atomic E-state index is -1.43. The largest absolute Gasteiger partial charge is 0.394 e. The molecule has 0 radical (unpaired) electrons. The normalized spacial score (nSPS) is 31.7. The molecule has 0 aromatic heterocycles. The Morgan fingerprint density at radius 3 is 2.24 bits per heavy atom. The number of aliphatic hydroxyl groups excluding tert-OH is 1. The lowest BCUT2D eigenvalue weighted by molar-refractivity contribution is -0.149. The van der Waals surface area contributed by atoms with E-state index in [-0.39, 0.29) is 36.8 Å². The van der Waals surface area contributed by atoms with Gasteiger partial charge in [-0.15, -0.1) is 0 Å². The van der Waals surface area contributed by atoms with Crippen LogP contribution in [0.25, 0.3) is 0 Å². The van der Waals surface area contributed by atoms with Gasteiger partial charge in [-0.1, -0.05) is 80.1 Å². The highest BCUT2D eigenvalue weighted by molar-refractivity contribution is 6.34. The Hall–Kier alpha value is -3.46. The first kappa shape index (κ1) is 27.7. The second-order valence-corrected chi connectivity index (χ2v) is 12.1. The summed E-state index contributed by atoms with van der Waals surface area (Å²) in [6, 6.07) is 14.7. The lowest BCUT2D eigenvalue weighted by Gasteiger charge is -2.41. The molecule has 4 aliphatic heterocycles. The van der Waals surface area contributed by atoms with Gasteiger partial charge in [0.1, 0.15) is 11.6 Å². The lowest BCUT2D eigenvalue weighted by Crippen LogP contribution is -2.59. The highest BCUT2D eigenvalue weighted by atomic mass is 35.5. The summed E-state index contributed by atoms with van der Waals surface area (Å²) in [5, 5.41) is 10.9. The molecule has 0 bridgehead atoms. The summed E-state index contributed by atoms with van der Waals surface area (Å²) in [7, 11) is 0. The molecule has 3 amide bonds. The summed E-state index contributed by atoms with van der Waals surface area (Å²) in [5.74, 6) is -3.00. The number of anilines is 2. The number of ether oxygens (including phenoxy) is 1. The van der Waals surface area contributed by atoms with Crippen LogP contribution in [0, 0.1) is 17.8 Å². The van der Waals surface area contributed by atoms with Crippen molar-refractivity contribution in [1.82, 2.24) is 4.90 Å². The van der Waals surface area contributed by atoms with Crippen LogP contribution >= 0.6 is 11.6 Å². The number of likely N-dealkylation sites (tertiary alicyclic amines) is 1. The smallest absolute Gasteiger partial charge is 0.253 e. The fourth-order valence-corrected chi connectivity index (χ4v) is 7.40. The Kier molecular flexibility index (Phi) is 6.83. The molecule has 0 aliphatic carbocycles. The van der Waals surface area contributed by atoms with Gasteiger partial charge in [0.25, 0.3) is 5.91 Å². The number of hydrogen-bond donors (Lipinski definition) is 1. The third-order valence-corrected chi connectivity index (χ3v) is 9.34. The fourth-order valence-electron chi connectivity index (χ4n) is 7.17. The number of hydrogen-bond acceptors (Lipinski definition) is 5. The average molecular weight is 576 g/mol. The first-order chi connectivity index (χ1) is 19.6. The van der Waals surface area contributed by atoms with Crippen molar-refractivity contribution in [3.8, 4) is 0 Å². The van der Waals surface area contributed by atoms with Crippen LogP contribution < -0.4 is 9.80 Å². The second kappa shape index (κ2) is 10.1. The van der Waals surface area contributed by atoms with Gasteiger partial charge in [-0.3, -0.25) is 14.4 Å². The van der Waals surface area contributed by atoms with Crippen molar-refractivity contribution in [1.29, 1.82) is 0 Å². The maximum absolute atomic E-state index is 14.6. The highest BCUT2D eigenvalue weighted by Gasteiger charge is 2.75. The van der Waals surface area contributed by atoms with Crippen molar-refractivity contribution in [2.75, 3.05) is 29.5 Å². The first-order valence-corrected chi connectivity index (χ1v) is 14.4. The number of carbonyl (C=O) groups is 3. The van der Waals surface area contributed by atoms with Gasteiger partial charge in [-0.2, -0.15) is 0 Å². The standard InChI is InChI=1S/C32H34ClN3O5/c1-20(2)24(19-37)36-27-30(40)35(23-14-8-7-13-22(23)33)18-10-16-32(27)26(29(36)39)25-28(38)34(21-11-5-4-6-12-21)17-9-15-31(25,3)41-32/h4-16,20,24-27,37H,17-19H2,1-3H3/t24-,25-,26-,27?,31+,32-/m0/s1. The van der Waals surface area contributed by atoms with Gasteiger partial charge >= 0.3 is 0 Å². The molecule has 2 fully saturated rings. The van der Waals surface area contributed by atoms with Crippen molar-refractivity contribution < 1.29 is 24.2 Å². The van der Waals surface area contributed by atoms with Gasteiger partial charge in [-0.25, -0.2) is 0 Å². The highest BCUT2D eigenvalue weighted by Crippen LogP contribution is 2.58. The minimum absolute atomic E-state index is 0.162. The van der Waals surface area contributed by atoms with E-state index in [0.29, 0.717) is 17.3 Å². The van der Waals surface area contributed by atoms with E-state index in [2.05, 4.69) is 0 Å². The summed E-state index contributed by atoms with van der Waals surface area (Å²) >= 11 is 6.54. The van der Waals surface area contributed by atoms with Crippen molar-refractivity contribution in [2.24, 2.45) is 17.8 Å². The third kappa shape index (κ3) is 4.07. The number of rotatable bonds is 5. The van der Waals surface area contributed by atoms with Crippen LogP contribution in [0.5, 0.6) is 0 Å². The number of carbonyl (C=O) groups excluding carboxylic acids is 3. The Balaban J connectivity index is 1.52. The average Bonchev–Trinajstić information content (AvgIpc) is 3.21. The molecule has 6 atom stereocenters. The predicted molar refractivity (Wildman–Crippen MR) is 156 cm³/mol. The van der Waals surface area contributed by atoms with E-state index in [1.54, 1.807) is 40.1 Å². The first-order valence-electron chi connectivity index (χ1n) is 14.1. The molecule has 41 heavy (non-hydrogen) atoms. The van der Waals surface area contributed by atoms with Gasteiger partial charge in [-0.05, 0) is 37.1 Å². The van der Waals surface area contributed by atoms with Crippen molar-refractivity contribution in [3.63, 3.8) is 0 Å². The molecule has 2 aromatic carbocycles. The van der Waals surface area contributed by atoms with Crippen LogP contribution in [0.1, 0.15) is 20.8 Å². The Morgan fingerprint density at radius 1 is 0.902 bits per heavy atom. The van der Waals surface area contributed by atoms with Crippen LogP contribution in [0.3, 0.4) is 0 Å². The molecule has 4 heterocycles. The van der Waals surface area contributed by atoms with Gasteiger partial charge < -0.3 is 24.5 Å². The zero-order valence-electron chi connectivity index (χ0n) is 23.3. The number of para-hydroxylation sites is 2. The number of nitrogens with zero attached hydrogens (tertiary/aromatic N) is 3. The molecular formula is C32H34ClN3O5. The fraction of sp³-hybridized carbons (Fsp3) is 0.406. The van der Waals surface area contributed by atoms with E-state index in [1.165, 1.54) is 4.90 Å². The summed E-state index contributed by atoms with van der Waals surface area (Å²) in [5.41, 5.74) is -1.32. The quantitative estimate of drug-likeness (QED) is 0.547. The maximum Gasteiger partial charge on any atom is 0.253 e. The molecule has 4 aliphatic rings. The number of fused-ring (bicyclic) bond motifs is 2. The van der Waals surface area contributed by atoms with Crippen LogP contribution in [-0.4, -0.2) is 70.7 Å². The zero-order valence-corrected chi connectivity index (χ0v) is 24.1. The topological polar surface area (TPSA) is 90.4 Å². The monoisotopic (exact) mass is 575 g/mol. The Bertz CT molecular complexity index is 1440. The van der Waals surface area contributed by atoms with E-state index in [1.807, 2.05) is 69.3 Å². The minimum Gasteiger partial charge on any atom is -0.394 e. The molecule has 1 N–H and O–H groups in total. The lowest BCUT2D eigenvalue weighted by atomic mass is 9.74. The van der Waals surface area contributed by atoms with Crippen LogP contribution in [-0.2, 0) is 19.1 Å². The number of halogens is 1. The van der Waals surface area contributed by atoms with Crippen molar-refractivity contribution >= 4 is 40.7 Å². The van der Waals surface area contributed by atoms with Crippen molar-refractivity contribution in [3.05, 3.63) is 83.9 Å². The van der Waals surface area contributed by atoms with E-state index < -0.39 is 35.1 Å². The molecule has 1 spiro atoms. The SMILES string of the molecule is CC(C)[C@H](CO)N1C(=O)[C@@H]2[C@H]3C(=O)N(c4ccccc4)CC=C[C@@]3(C)O[C@@]23C=CCN(c2ccccc2Cl)C(=O)C13. The molecule has 9 heteroatoms. The number of amides is 3. The van der Waals surface area contributed by atoms with E-state index in [4.69, 9.17) is 16.3 Å². The molecule has 6 rings (SSSR count). The van der Waals surface area contributed by atoms with Gasteiger partial charge in [0.15, 0.2) is 0 Å². The van der Waals surface area contributed by atoms with Gasteiger partial charge in [0.2, 0.25) is 11.8 Å². The van der Waals surface area contributed by atoms with Crippen LogP contribution in [0.4, 0.5) is 11.4 Å². The summed E-state index contributed by atoms with van der Waals surface area (Å²) in [6.07, 6.45) is 7.38. The second-order valence-electron chi connectivity index (χ2n) is 11.7. The summed E-state index contributed by atoms with van der Waals surface area (Å²) in [4.78, 5) is 48.4. The molecular weight excluding hydrogens is 542 g/mol. The molecule has 214 valence electrons. The number of aliphatic hydroxyl groups is 1. The molecule has 2 aromatic rings. The van der Waals surface area contributed by atoms with E-state index >= 15 is 0 Å². The molecule has 8 nitrogen and oxygen atoms in total. The van der Waals surface area contributed by atoms with Crippen LogP contribution in [0.15, 0.2) is 78.9 Å². The van der Waals surface area contributed by atoms with E-state index in [9.17, 15) is 19.5 Å². The molecule has 2 saturated heterocycles. The van der Waals surface area contributed by atoms with Crippen molar-refractivity contribution in [2.45, 2.75) is 44.1 Å². The zero-order chi connectivity index (χ0) is 29.1. The number of benzene rings is 2. The maximum atomic E-state index is 14.6. The Morgan fingerprint density at radius 2 is 1.56 bits per heavy atom. The van der Waals surface area contributed by atoms with Crippen LogP contribution in [0.2, 0.25) is 5.02 Å². The van der Waals surface area contributed by atoms with Gasteiger partial charge in [0, 0.05) is 18.8 Å². The summed E-state index contributed by atoms with van der Waals surface area (Å²) < 4.78 is 6.90. The molecule has 0 saturated carbocycles. The summed E-state index contributed by atoms with van der Waals surface area (Å²) in [6.45, 7) is 5.84. The van der Waals surface area contributed by atoms with Gasteiger partial charge in [0.05, 0.1) is 40.8 Å². The molecule has 1 unspecified atom stereocenters.